The Morgan fingerprint density at radius 1 is 1.33 bits per heavy atom. The fraction of sp³-hybridized carbons (Fsp3) is 0.800. The Labute approximate surface area is 76.1 Å². The van der Waals surface area contributed by atoms with E-state index in [9.17, 15) is 5.11 Å². The van der Waals surface area contributed by atoms with Crippen LogP contribution in [0, 0.1) is 0 Å². The van der Waals surface area contributed by atoms with Gasteiger partial charge in [0.25, 0.3) is 0 Å². The fourth-order valence-electron chi connectivity index (χ4n) is 1.54. The van der Waals surface area contributed by atoms with Crippen molar-refractivity contribution in [3.63, 3.8) is 0 Å². The molecule has 0 aliphatic heterocycles. The van der Waals surface area contributed by atoms with Crippen molar-refractivity contribution >= 4 is 0 Å². The molecule has 0 radical (unpaired) electrons. The van der Waals surface area contributed by atoms with E-state index in [1.165, 1.54) is 0 Å². The van der Waals surface area contributed by atoms with E-state index in [0.29, 0.717) is 4.48 Å². The van der Waals surface area contributed by atoms with Crippen molar-refractivity contribution in [3.05, 3.63) is 11.8 Å². The zero-order valence-corrected chi connectivity index (χ0v) is 9.18. The van der Waals surface area contributed by atoms with E-state index in [1.807, 2.05) is 13.8 Å². The molecule has 0 aliphatic carbocycles. The van der Waals surface area contributed by atoms with E-state index in [2.05, 4.69) is 34.1 Å². The lowest BCUT2D eigenvalue weighted by Crippen LogP contribution is -2.43. The topological polar surface area (TPSA) is 20.2 Å². The third-order valence-electron chi connectivity index (χ3n) is 1.75. The number of aliphatic hydroxyl groups is 1. The van der Waals surface area contributed by atoms with Crippen LogP contribution < -0.4 is 0 Å². The Kier molecular flexibility index (Phi) is 3.48. The molecule has 0 aromatic rings. The van der Waals surface area contributed by atoms with Crippen LogP contribution >= 0.6 is 0 Å². The van der Waals surface area contributed by atoms with Crippen LogP contribution in [0.25, 0.3) is 0 Å². The molecule has 0 amide bonds. The third kappa shape index (κ3) is 3.37. The summed E-state index contributed by atoms with van der Waals surface area (Å²) in [6.45, 7) is 5.75. The quantitative estimate of drug-likeness (QED) is 0.643. The number of hydrogen-bond donors (Lipinski definition) is 1. The molecule has 0 aromatic heterocycles. The molecule has 1 N–H and O–H groups in total. The second kappa shape index (κ2) is 3.58. The predicted octanol–water partition coefficient (Wildman–Crippen LogP) is 1.76. The Morgan fingerprint density at radius 3 is 1.83 bits per heavy atom. The molecule has 2 nitrogen and oxygen atoms in total. The van der Waals surface area contributed by atoms with Crippen molar-refractivity contribution < 1.29 is 9.59 Å². The summed E-state index contributed by atoms with van der Waals surface area (Å²) in [6, 6.07) is 0. The van der Waals surface area contributed by atoms with Crippen molar-refractivity contribution in [1.29, 1.82) is 0 Å². The molecule has 2 heteroatoms. The maximum atomic E-state index is 9.86. The number of likely N-dealkylation sites (N-methyl/N-ethyl adjacent to an activating group) is 1. The van der Waals surface area contributed by atoms with Gasteiger partial charge in [0.05, 0.1) is 21.1 Å². The van der Waals surface area contributed by atoms with Gasteiger partial charge in [0, 0.05) is 0 Å². The van der Waals surface area contributed by atoms with Gasteiger partial charge in [0.2, 0.25) is 0 Å². The summed E-state index contributed by atoms with van der Waals surface area (Å²) in [5.41, 5.74) is 0.346. The summed E-state index contributed by atoms with van der Waals surface area (Å²) in [7, 11) is 6.21. The third-order valence-corrected chi connectivity index (χ3v) is 1.75. The highest BCUT2D eigenvalue weighted by atomic mass is 16.3. The van der Waals surface area contributed by atoms with E-state index in [0.717, 1.165) is 12.1 Å². The first kappa shape index (κ1) is 11.7. The summed E-state index contributed by atoms with van der Waals surface area (Å²) in [6.07, 6.45) is 3.06. The first-order chi connectivity index (χ1) is 5.19. The summed E-state index contributed by atoms with van der Waals surface area (Å²) >= 11 is 0. The van der Waals surface area contributed by atoms with Crippen molar-refractivity contribution in [2.45, 2.75) is 32.8 Å². The molecule has 0 fully saturated rings. The van der Waals surface area contributed by atoms with Crippen LogP contribution in [-0.4, -0.2) is 36.3 Å². The molecule has 0 spiro atoms. The maximum absolute atomic E-state index is 9.86. The van der Waals surface area contributed by atoms with Gasteiger partial charge >= 0.3 is 0 Å². The number of hydrogen-bond acceptors (Lipinski definition) is 1. The van der Waals surface area contributed by atoms with Crippen LogP contribution in [-0.2, 0) is 0 Å². The zero-order valence-electron chi connectivity index (χ0n) is 9.18. The van der Waals surface area contributed by atoms with Crippen LogP contribution in [0.15, 0.2) is 11.8 Å². The standard InChI is InChI=1S/C10H22NO/c1-7-8-9(10(2,3)12)11(4,5)6/h8,12H,7H2,1-6H3/q+1. The highest BCUT2D eigenvalue weighted by Crippen LogP contribution is 2.22. The van der Waals surface area contributed by atoms with Gasteiger partial charge in [-0.25, -0.2) is 0 Å². The number of nitrogens with zero attached hydrogens (tertiary/aromatic N) is 1. The minimum atomic E-state index is -0.714. The average molecular weight is 172 g/mol. The minimum Gasteiger partial charge on any atom is -0.380 e. The molecule has 0 bridgehead atoms. The Hall–Kier alpha value is -0.340. The van der Waals surface area contributed by atoms with E-state index >= 15 is 0 Å². The van der Waals surface area contributed by atoms with Crippen molar-refractivity contribution in [1.82, 2.24) is 0 Å². The lowest BCUT2D eigenvalue weighted by atomic mass is 10.0. The molecule has 0 saturated carbocycles. The van der Waals surface area contributed by atoms with Gasteiger partial charge in [0.15, 0.2) is 0 Å². The van der Waals surface area contributed by atoms with Crippen LogP contribution in [0.3, 0.4) is 0 Å². The molecular weight excluding hydrogens is 150 g/mol. The molecule has 0 atom stereocenters. The fourth-order valence-corrected chi connectivity index (χ4v) is 1.54. The molecule has 0 unspecified atom stereocenters. The molecule has 0 saturated heterocycles. The van der Waals surface area contributed by atoms with Crippen LogP contribution in [0.1, 0.15) is 27.2 Å². The van der Waals surface area contributed by atoms with Gasteiger partial charge in [-0.1, -0.05) is 6.92 Å². The largest absolute Gasteiger partial charge is 0.380 e. The van der Waals surface area contributed by atoms with Crippen LogP contribution in [0.2, 0.25) is 0 Å². The second-order valence-electron chi connectivity index (χ2n) is 4.57. The van der Waals surface area contributed by atoms with Crippen molar-refractivity contribution in [3.8, 4) is 0 Å². The molecule has 72 valence electrons. The number of allylic oxidation sites excluding steroid dienone is 1. The highest BCUT2D eigenvalue weighted by Gasteiger charge is 2.30. The normalized spacial score (nSPS) is 15.1. The van der Waals surface area contributed by atoms with E-state index < -0.39 is 5.60 Å². The SMILES string of the molecule is CCC=C(C(C)(C)O)[N+](C)(C)C. The van der Waals surface area contributed by atoms with Crippen LogP contribution in [0.4, 0.5) is 0 Å². The van der Waals surface area contributed by atoms with Gasteiger partial charge in [-0.2, -0.15) is 0 Å². The smallest absolute Gasteiger partial charge is 0.136 e. The zero-order chi connectivity index (χ0) is 9.99. The van der Waals surface area contributed by atoms with Gasteiger partial charge in [-0.15, -0.1) is 0 Å². The lowest BCUT2D eigenvalue weighted by molar-refractivity contribution is -0.837. The second-order valence-corrected chi connectivity index (χ2v) is 4.57. The van der Waals surface area contributed by atoms with Gasteiger partial charge in [0.1, 0.15) is 11.3 Å². The first-order valence-corrected chi connectivity index (χ1v) is 4.44. The average Bonchev–Trinajstić information content (AvgIpc) is 1.77. The molecule has 0 aliphatic rings. The summed E-state index contributed by atoms with van der Waals surface area (Å²) in [4.78, 5) is 0. The van der Waals surface area contributed by atoms with Gasteiger partial charge in [-0.05, 0) is 26.3 Å². The molecule has 0 rings (SSSR count). The Bertz CT molecular complexity index is 153. The van der Waals surface area contributed by atoms with Crippen molar-refractivity contribution in [2.24, 2.45) is 0 Å². The van der Waals surface area contributed by atoms with E-state index in [1.54, 1.807) is 0 Å². The maximum Gasteiger partial charge on any atom is 0.136 e. The highest BCUT2D eigenvalue weighted by molar-refractivity contribution is 5.05. The van der Waals surface area contributed by atoms with Gasteiger partial charge in [-0.3, -0.25) is 4.48 Å². The van der Waals surface area contributed by atoms with E-state index in [-0.39, 0.29) is 0 Å². The predicted molar refractivity (Wildman–Crippen MR) is 52.7 cm³/mol. The van der Waals surface area contributed by atoms with Gasteiger partial charge < -0.3 is 5.11 Å². The number of quaternary nitrogens is 1. The summed E-state index contributed by atoms with van der Waals surface area (Å²) in [5.74, 6) is 0. The lowest BCUT2D eigenvalue weighted by Gasteiger charge is -2.33. The van der Waals surface area contributed by atoms with Crippen molar-refractivity contribution in [2.75, 3.05) is 21.1 Å². The molecule has 0 aromatic carbocycles. The van der Waals surface area contributed by atoms with Crippen LogP contribution in [0.5, 0.6) is 0 Å². The summed E-state index contributed by atoms with van der Waals surface area (Å²) in [5, 5.41) is 9.86. The monoisotopic (exact) mass is 172 g/mol. The van der Waals surface area contributed by atoms with E-state index in [4.69, 9.17) is 0 Å². The Morgan fingerprint density at radius 2 is 1.75 bits per heavy atom. The Balaban J connectivity index is 4.83. The molecular formula is C10H22NO+. The summed E-state index contributed by atoms with van der Waals surface area (Å²) < 4.78 is 0.692. The number of rotatable bonds is 3. The minimum absolute atomic E-state index is 0.692. The molecule has 12 heavy (non-hydrogen) atoms. The molecule has 0 heterocycles. The first-order valence-electron chi connectivity index (χ1n) is 4.44.